The Kier molecular flexibility index (Phi) is 3.36. The molecule has 0 fully saturated rings. The monoisotopic (exact) mass is 299 g/mol. The van der Waals surface area contributed by atoms with Gasteiger partial charge < -0.3 is 5.32 Å². The minimum atomic E-state index is -0.303. The largest absolute Gasteiger partial charge is 0.341 e. The molecule has 0 saturated carbocycles. The molecule has 0 saturated heterocycles. The lowest BCUT2D eigenvalue weighted by atomic mass is 10.2. The van der Waals surface area contributed by atoms with Crippen LogP contribution in [0, 0.1) is 20.8 Å². The zero-order valence-corrected chi connectivity index (χ0v) is 12.9. The van der Waals surface area contributed by atoms with Gasteiger partial charge in [0.2, 0.25) is 0 Å². The lowest BCUT2D eigenvalue weighted by Gasteiger charge is -2.10. The lowest BCUT2D eigenvalue weighted by Crippen LogP contribution is -2.28. The van der Waals surface area contributed by atoms with E-state index in [1.807, 2.05) is 33.8 Å². The molecule has 3 heterocycles. The molecule has 2 N–H and O–H groups in total. The molecule has 1 atom stereocenters. The number of hydrogen-bond donors (Lipinski definition) is 2. The third-order valence-electron chi connectivity index (χ3n) is 3.31. The van der Waals surface area contributed by atoms with Crippen molar-refractivity contribution >= 4 is 11.6 Å². The van der Waals surface area contributed by atoms with E-state index in [1.165, 1.54) is 0 Å². The van der Waals surface area contributed by atoms with Crippen molar-refractivity contribution in [2.75, 3.05) is 0 Å². The van der Waals surface area contributed by atoms with Gasteiger partial charge in [-0.3, -0.25) is 9.89 Å². The minimum Gasteiger partial charge on any atom is -0.341 e. The second-order valence-electron chi connectivity index (χ2n) is 5.31. The lowest BCUT2D eigenvalue weighted by molar-refractivity contribution is 0.0933. The number of aromatic nitrogens is 6. The highest BCUT2D eigenvalue weighted by Crippen LogP contribution is 2.11. The molecule has 0 radical (unpaired) electrons. The van der Waals surface area contributed by atoms with Gasteiger partial charge in [-0.25, -0.2) is 14.5 Å². The van der Waals surface area contributed by atoms with E-state index in [0.717, 1.165) is 11.4 Å². The molecule has 1 amide bonds. The molecule has 0 spiro atoms. The summed E-state index contributed by atoms with van der Waals surface area (Å²) in [7, 11) is 0. The third kappa shape index (κ3) is 2.54. The molecule has 3 aromatic heterocycles. The Labute approximate surface area is 127 Å². The van der Waals surface area contributed by atoms with Crippen molar-refractivity contribution in [3.63, 3.8) is 0 Å². The Bertz CT molecular complexity index is 848. The summed E-state index contributed by atoms with van der Waals surface area (Å²) in [6, 6.07) is 3.25. The van der Waals surface area contributed by atoms with Crippen LogP contribution in [0.1, 0.15) is 46.5 Å². The first kappa shape index (κ1) is 14.2. The van der Waals surface area contributed by atoms with Crippen molar-refractivity contribution in [1.29, 1.82) is 0 Å². The van der Waals surface area contributed by atoms with Crippen LogP contribution < -0.4 is 5.32 Å². The van der Waals surface area contributed by atoms with Crippen LogP contribution in [-0.4, -0.2) is 35.7 Å². The Morgan fingerprint density at radius 2 is 2.05 bits per heavy atom. The van der Waals surface area contributed by atoms with Crippen LogP contribution >= 0.6 is 0 Å². The summed E-state index contributed by atoms with van der Waals surface area (Å²) >= 11 is 0. The second-order valence-corrected chi connectivity index (χ2v) is 5.31. The predicted molar refractivity (Wildman–Crippen MR) is 79.5 cm³/mol. The summed E-state index contributed by atoms with van der Waals surface area (Å²) in [5, 5.41) is 14.0. The summed E-state index contributed by atoms with van der Waals surface area (Å²) in [4.78, 5) is 20.9. The number of aromatic amines is 1. The fourth-order valence-electron chi connectivity index (χ4n) is 2.24. The quantitative estimate of drug-likeness (QED) is 0.758. The van der Waals surface area contributed by atoms with E-state index in [0.29, 0.717) is 23.0 Å². The summed E-state index contributed by atoms with van der Waals surface area (Å²) in [6.07, 6.45) is 0. The van der Waals surface area contributed by atoms with Crippen molar-refractivity contribution in [2.24, 2.45) is 0 Å². The van der Waals surface area contributed by atoms with Crippen molar-refractivity contribution in [3.8, 4) is 0 Å². The highest BCUT2D eigenvalue weighted by molar-refractivity contribution is 5.93. The van der Waals surface area contributed by atoms with E-state index < -0.39 is 0 Å². The molecule has 114 valence electrons. The van der Waals surface area contributed by atoms with Gasteiger partial charge in [-0.05, 0) is 33.8 Å². The second kappa shape index (κ2) is 5.21. The Hall–Kier alpha value is -2.77. The number of rotatable bonds is 3. The van der Waals surface area contributed by atoms with Gasteiger partial charge in [-0.15, -0.1) is 0 Å². The Balaban J connectivity index is 1.85. The normalized spacial score (nSPS) is 12.5. The van der Waals surface area contributed by atoms with Crippen molar-refractivity contribution < 1.29 is 4.79 Å². The first-order valence-electron chi connectivity index (χ1n) is 6.98. The number of amides is 1. The highest BCUT2D eigenvalue weighted by atomic mass is 16.1. The van der Waals surface area contributed by atoms with Gasteiger partial charge >= 0.3 is 0 Å². The van der Waals surface area contributed by atoms with Crippen LogP contribution in [0.4, 0.5) is 0 Å². The molecule has 3 aromatic rings. The fourth-order valence-corrected chi connectivity index (χ4v) is 2.24. The maximum absolute atomic E-state index is 12.4. The van der Waals surface area contributed by atoms with Gasteiger partial charge in [0.25, 0.3) is 5.91 Å². The van der Waals surface area contributed by atoms with Crippen LogP contribution in [0.15, 0.2) is 12.1 Å². The molecule has 8 nitrogen and oxygen atoms in total. The molecular formula is C14H17N7O. The number of nitrogens with one attached hydrogen (secondary N) is 2. The number of carbonyl (C=O) groups excluding carboxylic acids is 1. The predicted octanol–water partition coefficient (Wildman–Crippen LogP) is 1.26. The number of fused-ring (bicyclic) bond motifs is 1. The first-order chi connectivity index (χ1) is 10.4. The van der Waals surface area contributed by atoms with E-state index in [-0.39, 0.29) is 11.9 Å². The number of hydrogen-bond acceptors (Lipinski definition) is 5. The molecule has 0 aliphatic rings. The van der Waals surface area contributed by atoms with E-state index in [4.69, 9.17) is 0 Å². The van der Waals surface area contributed by atoms with Gasteiger partial charge in [0.15, 0.2) is 11.5 Å². The van der Waals surface area contributed by atoms with Gasteiger partial charge in [0.05, 0.1) is 11.7 Å². The number of aryl methyl sites for hydroxylation is 3. The average molecular weight is 299 g/mol. The minimum absolute atomic E-state index is 0.264. The smallest absolute Gasteiger partial charge is 0.270 e. The van der Waals surface area contributed by atoms with Crippen LogP contribution in [0.25, 0.3) is 5.65 Å². The molecule has 0 bridgehead atoms. The van der Waals surface area contributed by atoms with E-state index >= 15 is 0 Å². The average Bonchev–Trinajstić information content (AvgIpc) is 3.04. The standard InChI is InChI=1S/C14H17N7O/c1-7-5-12-17-11(6-8(2)21(12)20-7)14(22)15-9(3)13-16-10(4)18-19-13/h5-6,9H,1-4H3,(H,15,22)(H,16,18,19)/t9-/m1/s1. The van der Waals surface area contributed by atoms with Gasteiger partial charge in [0, 0.05) is 11.8 Å². The molecule has 8 heteroatoms. The Morgan fingerprint density at radius 1 is 1.27 bits per heavy atom. The van der Waals surface area contributed by atoms with Crippen LogP contribution in [0.2, 0.25) is 0 Å². The van der Waals surface area contributed by atoms with E-state index in [2.05, 4.69) is 30.6 Å². The van der Waals surface area contributed by atoms with Crippen molar-refractivity contribution in [2.45, 2.75) is 33.7 Å². The number of carbonyl (C=O) groups is 1. The first-order valence-corrected chi connectivity index (χ1v) is 6.98. The maximum Gasteiger partial charge on any atom is 0.270 e. The summed E-state index contributed by atoms with van der Waals surface area (Å²) in [6.45, 7) is 7.42. The summed E-state index contributed by atoms with van der Waals surface area (Å²) in [5.74, 6) is 0.990. The van der Waals surface area contributed by atoms with Crippen molar-refractivity contribution in [3.05, 3.63) is 40.9 Å². The van der Waals surface area contributed by atoms with Gasteiger partial charge in [-0.2, -0.15) is 10.2 Å². The van der Waals surface area contributed by atoms with Crippen LogP contribution in [-0.2, 0) is 0 Å². The van der Waals surface area contributed by atoms with Gasteiger partial charge in [0.1, 0.15) is 11.5 Å². The third-order valence-corrected chi connectivity index (χ3v) is 3.31. The molecule has 0 aliphatic heterocycles. The number of H-pyrrole nitrogens is 1. The van der Waals surface area contributed by atoms with E-state index in [9.17, 15) is 4.79 Å². The molecule has 0 aliphatic carbocycles. The SMILES string of the molecule is Cc1cc2nc(C(=O)N[C@H](C)c3n[nH]c(C)n3)cc(C)n2n1. The molecule has 0 unspecified atom stereocenters. The molecular weight excluding hydrogens is 282 g/mol. The zero-order valence-electron chi connectivity index (χ0n) is 12.9. The van der Waals surface area contributed by atoms with Crippen LogP contribution in [0.5, 0.6) is 0 Å². The van der Waals surface area contributed by atoms with Crippen LogP contribution in [0.3, 0.4) is 0 Å². The summed E-state index contributed by atoms with van der Waals surface area (Å²) < 4.78 is 1.72. The Morgan fingerprint density at radius 3 is 2.73 bits per heavy atom. The van der Waals surface area contributed by atoms with Gasteiger partial charge in [-0.1, -0.05) is 0 Å². The molecule has 22 heavy (non-hydrogen) atoms. The maximum atomic E-state index is 12.4. The topological polar surface area (TPSA) is 101 Å². The fraction of sp³-hybridized carbons (Fsp3) is 0.357. The molecule has 3 rings (SSSR count). The highest BCUT2D eigenvalue weighted by Gasteiger charge is 2.17. The number of nitrogens with zero attached hydrogens (tertiary/aromatic N) is 5. The summed E-state index contributed by atoms with van der Waals surface area (Å²) in [5.41, 5.74) is 2.72. The van der Waals surface area contributed by atoms with E-state index in [1.54, 1.807) is 10.6 Å². The van der Waals surface area contributed by atoms with Crippen molar-refractivity contribution in [1.82, 2.24) is 35.1 Å². The zero-order chi connectivity index (χ0) is 15.9. The molecule has 0 aromatic carbocycles.